The van der Waals surface area contributed by atoms with Crippen LogP contribution in [0.2, 0.25) is 0 Å². The van der Waals surface area contributed by atoms with Gasteiger partial charge in [-0.15, -0.1) is 0 Å². The largest absolute Gasteiger partial charge is 0.471 e. The lowest BCUT2D eigenvalue weighted by Gasteiger charge is -2.32. The van der Waals surface area contributed by atoms with Crippen molar-refractivity contribution in [2.24, 2.45) is 5.92 Å². The van der Waals surface area contributed by atoms with Gasteiger partial charge >= 0.3 is 7.82 Å². The molecule has 1 saturated heterocycles. The van der Waals surface area contributed by atoms with Gasteiger partial charge in [0.15, 0.2) is 0 Å². The lowest BCUT2D eigenvalue weighted by Crippen LogP contribution is -2.39. The Morgan fingerprint density at radius 2 is 1.68 bits per heavy atom. The van der Waals surface area contributed by atoms with E-state index in [2.05, 4.69) is 17.4 Å². The third-order valence-corrected chi connectivity index (χ3v) is 7.30. The molecule has 0 aliphatic carbocycles. The van der Waals surface area contributed by atoms with Gasteiger partial charge in [-0.05, 0) is 61.1 Å². The molecule has 2 heterocycles. The van der Waals surface area contributed by atoms with Crippen LogP contribution in [0.5, 0.6) is 0 Å². The average molecular weight is 522 g/mol. The van der Waals surface area contributed by atoms with Crippen LogP contribution in [0.25, 0.3) is 0 Å². The molecule has 2 amide bonds. The minimum atomic E-state index is -4.76. The van der Waals surface area contributed by atoms with Gasteiger partial charge in [0, 0.05) is 18.7 Å². The Kier molecular flexibility index (Phi) is 7.13. The Morgan fingerprint density at radius 3 is 2.41 bits per heavy atom. The van der Waals surface area contributed by atoms with Gasteiger partial charge in [0.2, 0.25) is 0 Å². The summed E-state index contributed by atoms with van der Waals surface area (Å²) in [6, 6.07) is 22.0. The highest BCUT2D eigenvalue weighted by Crippen LogP contribution is 2.42. The zero-order chi connectivity index (χ0) is 26.0. The quantitative estimate of drug-likeness (QED) is 0.407. The number of carbonyl (C=O) groups excluding carboxylic acids is 2. The van der Waals surface area contributed by atoms with Crippen LogP contribution in [0.15, 0.2) is 72.8 Å². The molecule has 37 heavy (non-hydrogen) atoms. The monoisotopic (exact) mass is 521 g/mol. The topological polar surface area (TPSA) is 119 Å². The first kappa shape index (κ1) is 25.2. The zero-order valence-corrected chi connectivity index (χ0v) is 21.0. The Hall–Kier alpha value is -3.49. The van der Waals surface area contributed by atoms with Gasteiger partial charge in [0.1, 0.15) is 6.73 Å². The Morgan fingerprint density at radius 1 is 0.973 bits per heavy atom. The van der Waals surface area contributed by atoms with Gasteiger partial charge in [-0.25, -0.2) is 4.57 Å². The number of nitrogens with zero attached hydrogens (tertiary/aromatic N) is 2. The van der Waals surface area contributed by atoms with Crippen LogP contribution in [-0.2, 0) is 15.5 Å². The van der Waals surface area contributed by atoms with Crippen molar-refractivity contribution in [1.29, 1.82) is 0 Å². The molecule has 5 rings (SSSR count). The van der Waals surface area contributed by atoms with E-state index in [1.807, 2.05) is 23.1 Å². The normalized spacial score (nSPS) is 16.0. The van der Waals surface area contributed by atoms with Crippen LogP contribution < -0.4 is 10.2 Å². The van der Waals surface area contributed by atoms with Crippen molar-refractivity contribution in [2.75, 3.05) is 30.0 Å². The maximum Gasteiger partial charge on any atom is 0.471 e. The molecule has 2 aliphatic rings. The summed E-state index contributed by atoms with van der Waals surface area (Å²) in [4.78, 5) is 48.2. The van der Waals surface area contributed by atoms with Gasteiger partial charge in [0.25, 0.3) is 11.8 Å². The van der Waals surface area contributed by atoms with E-state index in [4.69, 9.17) is 4.52 Å². The molecule has 0 radical (unpaired) electrons. The van der Waals surface area contributed by atoms with E-state index in [0.29, 0.717) is 47.2 Å². The number of piperidine rings is 1. The fraction of sp³-hybridized carbons (Fsp3) is 0.259. The highest BCUT2D eigenvalue weighted by atomic mass is 31.2. The van der Waals surface area contributed by atoms with Crippen molar-refractivity contribution in [3.05, 3.63) is 89.5 Å². The number of nitrogens with one attached hydrogen (secondary N) is 1. The van der Waals surface area contributed by atoms with Crippen molar-refractivity contribution in [2.45, 2.75) is 19.3 Å². The molecular formula is C27H28N3O6P. The molecule has 1 fully saturated rings. The predicted molar refractivity (Wildman–Crippen MR) is 140 cm³/mol. The van der Waals surface area contributed by atoms with Gasteiger partial charge in [-0.1, -0.05) is 42.5 Å². The second kappa shape index (κ2) is 10.5. The molecule has 2 aliphatic heterocycles. The third-order valence-electron chi connectivity index (χ3n) is 6.85. The molecule has 0 unspecified atom stereocenters. The summed E-state index contributed by atoms with van der Waals surface area (Å²) in [5, 5.41) is 2.84. The molecule has 0 saturated carbocycles. The highest BCUT2D eigenvalue weighted by molar-refractivity contribution is 7.46. The molecule has 3 aromatic carbocycles. The first-order chi connectivity index (χ1) is 17.8. The van der Waals surface area contributed by atoms with E-state index in [1.165, 1.54) is 10.5 Å². The van der Waals surface area contributed by atoms with E-state index in [-0.39, 0.29) is 11.8 Å². The summed E-state index contributed by atoms with van der Waals surface area (Å²) >= 11 is 0. The van der Waals surface area contributed by atoms with Gasteiger partial charge in [-0.3, -0.25) is 14.1 Å². The highest BCUT2D eigenvalue weighted by Gasteiger charge is 2.29. The minimum absolute atomic E-state index is 0.116. The molecule has 192 valence electrons. The van der Waals surface area contributed by atoms with Crippen LogP contribution in [0.1, 0.15) is 39.1 Å². The van der Waals surface area contributed by atoms with Crippen LogP contribution in [-0.4, -0.2) is 46.3 Å². The number of fused-ring (bicyclic) bond motifs is 2. The third kappa shape index (κ3) is 5.76. The summed E-state index contributed by atoms with van der Waals surface area (Å²) in [5.74, 6) is 0.0238. The number of likely N-dealkylation sites (tertiary alicyclic amines) is 1. The summed E-state index contributed by atoms with van der Waals surface area (Å²) in [6.07, 6.45) is 2.84. The number of anilines is 3. The summed E-state index contributed by atoms with van der Waals surface area (Å²) < 4.78 is 16.2. The molecule has 9 nitrogen and oxygen atoms in total. The van der Waals surface area contributed by atoms with Crippen molar-refractivity contribution in [1.82, 2.24) is 4.90 Å². The number of phosphoric ester groups is 1. The van der Waals surface area contributed by atoms with Gasteiger partial charge < -0.3 is 24.9 Å². The molecule has 0 bridgehead atoms. The first-order valence-electron chi connectivity index (χ1n) is 12.1. The van der Waals surface area contributed by atoms with Crippen LogP contribution in [0, 0.1) is 5.92 Å². The van der Waals surface area contributed by atoms with Gasteiger partial charge in [0.05, 0.1) is 22.6 Å². The Labute approximate surface area is 214 Å². The molecule has 3 N–H and O–H groups in total. The Balaban J connectivity index is 1.35. The minimum Gasteiger partial charge on any atom is -0.339 e. The van der Waals surface area contributed by atoms with E-state index in [1.54, 1.807) is 42.5 Å². The van der Waals surface area contributed by atoms with E-state index < -0.39 is 14.6 Å². The summed E-state index contributed by atoms with van der Waals surface area (Å²) in [7, 11) is -4.76. The van der Waals surface area contributed by atoms with Crippen molar-refractivity contribution in [3.63, 3.8) is 0 Å². The number of benzene rings is 3. The molecule has 0 spiro atoms. The second-order valence-corrected chi connectivity index (χ2v) is 10.5. The number of carbonyl (C=O) groups is 2. The van der Waals surface area contributed by atoms with Crippen molar-refractivity contribution < 1.29 is 28.5 Å². The summed E-state index contributed by atoms with van der Waals surface area (Å²) in [5.41, 5.74) is 3.32. The van der Waals surface area contributed by atoms with Crippen molar-refractivity contribution >= 4 is 36.7 Å². The van der Waals surface area contributed by atoms with Crippen molar-refractivity contribution in [3.8, 4) is 0 Å². The molecule has 0 atom stereocenters. The number of hydrogen-bond acceptors (Lipinski definition) is 5. The molecule has 10 heteroatoms. The molecule has 3 aromatic rings. The zero-order valence-electron chi connectivity index (χ0n) is 20.1. The van der Waals surface area contributed by atoms with Crippen LogP contribution in [0.4, 0.5) is 17.1 Å². The second-order valence-electron chi connectivity index (χ2n) is 9.31. The fourth-order valence-corrected chi connectivity index (χ4v) is 5.23. The Bertz CT molecular complexity index is 1350. The molecular weight excluding hydrogens is 493 g/mol. The van der Waals surface area contributed by atoms with E-state index in [9.17, 15) is 23.9 Å². The average Bonchev–Trinajstić information content (AvgIpc) is 3.01. The SMILES string of the molecule is O=C1Nc2cc(C(=O)N3CCC(Cc4ccccc4)CC3)ccc2N(COP(=O)(O)O)c2ccccc21. The standard InChI is InChI=1S/C27H28N3O6P/c31-26-22-8-4-5-9-24(22)30(18-36-37(33,34)35)25-11-10-21(17-23(25)28-26)27(32)29-14-12-20(13-15-29)16-19-6-2-1-3-7-19/h1-11,17,20H,12-16,18H2,(H,28,31)(H2,33,34,35). The fourth-order valence-electron chi connectivity index (χ4n) is 4.97. The van der Waals surface area contributed by atoms with Crippen LogP contribution >= 0.6 is 7.82 Å². The molecule has 0 aromatic heterocycles. The van der Waals surface area contributed by atoms with Gasteiger partial charge in [-0.2, -0.15) is 0 Å². The predicted octanol–water partition coefficient (Wildman–Crippen LogP) is 4.55. The number of rotatable bonds is 6. The maximum absolute atomic E-state index is 13.3. The van der Waals surface area contributed by atoms with Crippen LogP contribution in [0.3, 0.4) is 0 Å². The van der Waals surface area contributed by atoms with E-state index in [0.717, 1.165) is 19.3 Å². The smallest absolute Gasteiger partial charge is 0.339 e. The number of hydrogen-bond donors (Lipinski definition) is 3. The first-order valence-corrected chi connectivity index (χ1v) is 13.7. The number of para-hydroxylation sites is 1. The maximum atomic E-state index is 13.3. The lowest BCUT2D eigenvalue weighted by atomic mass is 9.90. The van der Waals surface area contributed by atoms with E-state index >= 15 is 0 Å². The number of amides is 2. The summed E-state index contributed by atoms with van der Waals surface area (Å²) in [6.45, 7) is 0.840. The lowest BCUT2D eigenvalue weighted by molar-refractivity contribution is 0.0690. The number of phosphoric acid groups is 1.